The first-order valence-electron chi connectivity index (χ1n) is 6.10. The van der Waals surface area contributed by atoms with Crippen LogP contribution in [0, 0.1) is 0 Å². The Morgan fingerprint density at radius 3 is 2.65 bits per heavy atom. The Hall–Kier alpha value is -2.75. The van der Waals surface area contributed by atoms with Gasteiger partial charge in [-0.3, -0.25) is 4.79 Å². The molecule has 0 fully saturated rings. The zero-order valence-electron chi connectivity index (χ0n) is 11.0. The van der Waals surface area contributed by atoms with Crippen molar-refractivity contribution in [2.24, 2.45) is 0 Å². The smallest absolute Gasteiger partial charge is 0.255 e. The van der Waals surface area contributed by atoms with Gasteiger partial charge >= 0.3 is 0 Å². The van der Waals surface area contributed by atoms with E-state index in [1.165, 1.54) is 13.2 Å². The van der Waals surface area contributed by atoms with Crippen molar-refractivity contribution in [3.05, 3.63) is 65.9 Å². The molecular weight excluding hydrogens is 254 g/mol. The molecule has 0 saturated carbocycles. The van der Waals surface area contributed by atoms with E-state index >= 15 is 0 Å². The third kappa shape index (κ3) is 3.38. The minimum Gasteiger partial charge on any atom is -0.504 e. The molecule has 1 amide bonds. The number of aromatic hydroxyl groups is 1. The molecule has 0 bridgehead atoms. The van der Waals surface area contributed by atoms with Crippen LogP contribution in [0.1, 0.15) is 15.9 Å². The molecule has 102 valence electrons. The first-order valence-corrected chi connectivity index (χ1v) is 6.10. The van der Waals surface area contributed by atoms with Crippen molar-refractivity contribution in [1.82, 2.24) is 5.32 Å². The number of hydrogen-bond acceptors (Lipinski definition) is 3. The highest BCUT2D eigenvalue weighted by molar-refractivity contribution is 5.95. The third-order valence-electron chi connectivity index (χ3n) is 2.73. The van der Waals surface area contributed by atoms with Crippen molar-refractivity contribution >= 4 is 12.0 Å². The highest BCUT2D eigenvalue weighted by Gasteiger charge is 2.02. The average Bonchev–Trinajstić information content (AvgIpc) is 2.49. The second-order valence-corrected chi connectivity index (χ2v) is 4.10. The maximum atomic E-state index is 11.8. The van der Waals surface area contributed by atoms with Crippen molar-refractivity contribution in [2.75, 3.05) is 7.11 Å². The van der Waals surface area contributed by atoms with Crippen LogP contribution in [0.5, 0.6) is 11.5 Å². The van der Waals surface area contributed by atoms with Crippen molar-refractivity contribution in [3.8, 4) is 11.5 Å². The Morgan fingerprint density at radius 1 is 1.20 bits per heavy atom. The minimum absolute atomic E-state index is 0.0815. The molecule has 0 aliphatic carbocycles. The molecule has 0 saturated heterocycles. The van der Waals surface area contributed by atoms with Crippen LogP contribution in [-0.4, -0.2) is 18.1 Å². The predicted molar refractivity (Wildman–Crippen MR) is 77.6 cm³/mol. The fourth-order valence-corrected chi connectivity index (χ4v) is 1.68. The topological polar surface area (TPSA) is 58.6 Å². The highest BCUT2D eigenvalue weighted by atomic mass is 16.5. The lowest BCUT2D eigenvalue weighted by atomic mass is 10.2. The molecule has 0 atom stereocenters. The second kappa shape index (κ2) is 6.43. The number of carbonyl (C=O) groups is 1. The first-order chi connectivity index (χ1) is 9.70. The minimum atomic E-state index is -0.174. The molecular formula is C16H15NO3. The number of phenols is 1. The van der Waals surface area contributed by atoms with E-state index < -0.39 is 0 Å². The van der Waals surface area contributed by atoms with E-state index in [4.69, 9.17) is 4.74 Å². The quantitative estimate of drug-likeness (QED) is 0.897. The maximum absolute atomic E-state index is 11.8. The summed E-state index contributed by atoms with van der Waals surface area (Å²) in [7, 11) is 1.49. The van der Waals surface area contributed by atoms with Gasteiger partial charge in [-0.1, -0.05) is 24.3 Å². The molecule has 0 heterocycles. The SMILES string of the molecule is COc1cc(/C=C/NC(=O)c2ccccc2)ccc1O. The molecule has 20 heavy (non-hydrogen) atoms. The Kier molecular flexibility index (Phi) is 4.39. The first kappa shape index (κ1) is 13.7. The standard InChI is InChI=1S/C16H15NO3/c1-20-15-11-12(7-8-14(15)18)9-10-17-16(19)13-5-3-2-4-6-13/h2-11,18H,1H3,(H,17,19)/b10-9+. The fraction of sp³-hybridized carbons (Fsp3) is 0.0625. The molecule has 2 aromatic carbocycles. The van der Waals surface area contributed by atoms with Crippen LogP contribution in [-0.2, 0) is 0 Å². The van der Waals surface area contributed by atoms with Crippen LogP contribution in [0.4, 0.5) is 0 Å². The zero-order valence-corrected chi connectivity index (χ0v) is 11.0. The van der Waals surface area contributed by atoms with Crippen molar-refractivity contribution < 1.29 is 14.6 Å². The van der Waals surface area contributed by atoms with Crippen molar-refractivity contribution in [1.29, 1.82) is 0 Å². The normalized spacial score (nSPS) is 10.4. The van der Waals surface area contributed by atoms with Crippen LogP contribution in [0.2, 0.25) is 0 Å². The van der Waals surface area contributed by atoms with Crippen LogP contribution >= 0.6 is 0 Å². The summed E-state index contributed by atoms with van der Waals surface area (Å²) in [5.41, 5.74) is 1.41. The molecule has 4 nitrogen and oxygen atoms in total. The number of hydrogen-bond donors (Lipinski definition) is 2. The number of benzene rings is 2. The van der Waals surface area contributed by atoms with E-state index in [0.29, 0.717) is 11.3 Å². The lowest BCUT2D eigenvalue weighted by Gasteiger charge is -2.04. The lowest BCUT2D eigenvalue weighted by Crippen LogP contribution is -2.16. The molecule has 4 heteroatoms. The van der Waals surface area contributed by atoms with Gasteiger partial charge in [0.1, 0.15) is 0 Å². The molecule has 0 aliphatic heterocycles. The second-order valence-electron chi connectivity index (χ2n) is 4.10. The number of methoxy groups -OCH3 is 1. The number of nitrogens with one attached hydrogen (secondary N) is 1. The summed E-state index contributed by atoms with van der Waals surface area (Å²) in [6.45, 7) is 0. The highest BCUT2D eigenvalue weighted by Crippen LogP contribution is 2.26. The summed E-state index contributed by atoms with van der Waals surface area (Å²) in [6.07, 6.45) is 3.28. The van der Waals surface area contributed by atoms with Crippen molar-refractivity contribution in [3.63, 3.8) is 0 Å². The van der Waals surface area contributed by atoms with Crippen molar-refractivity contribution in [2.45, 2.75) is 0 Å². The van der Waals surface area contributed by atoms with Gasteiger partial charge < -0.3 is 15.2 Å². The molecule has 0 aliphatic rings. The molecule has 2 rings (SSSR count). The molecule has 0 unspecified atom stereocenters. The van der Waals surface area contributed by atoms with Gasteiger partial charge in [-0.25, -0.2) is 0 Å². The lowest BCUT2D eigenvalue weighted by molar-refractivity contribution is 0.0970. The molecule has 0 aromatic heterocycles. The summed E-state index contributed by atoms with van der Waals surface area (Å²) in [5, 5.41) is 12.2. The molecule has 0 spiro atoms. The Balaban J connectivity index is 2.02. The Labute approximate surface area is 117 Å². The largest absolute Gasteiger partial charge is 0.504 e. The van der Waals surface area contributed by atoms with Gasteiger partial charge in [0, 0.05) is 11.8 Å². The van der Waals surface area contributed by atoms with E-state index in [-0.39, 0.29) is 11.7 Å². The average molecular weight is 269 g/mol. The van der Waals surface area contributed by atoms with Gasteiger partial charge in [0.15, 0.2) is 11.5 Å². The summed E-state index contributed by atoms with van der Waals surface area (Å²) in [5.74, 6) is 0.298. The summed E-state index contributed by atoms with van der Waals surface area (Å²) in [4.78, 5) is 11.8. The van der Waals surface area contributed by atoms with Gasteiger partial charge in [0.25, 0.3) is 5.91 Å². The van der Waals surface area contributed by atoms with Gasteiger partial charge in [0.2, 0.25) is 0 Å². The Morgan fingerprint density at radius 2 is 1.95 bits per heavy atom. The van der Waals surface area contributed by atoms with Crippen LogP contribution in [0.3, 0.4) is 0 Å². The molecule has 2 aromatic rings. The van der Waals surface area contributed by atoms with E-state index in [1.807, 2.05) is 18.2 Å². The maximum Gasteiger partial charge on any atom is 0.255 e. The number of phenolic OH excluding ortho intramolecular Hbond substituents is 1. The van der Waals surface area contributed by atoms with Crippen LogP contribution < -0.4 is 10.1 Å². The van der Waals surface area contributed by atoms with E-state index in [0.717, 1.165) is 5.56 Å². The van der Waals surface area contributed by atoms with Crippen LogP contribution in [0.25, 0.3) is 6.08 Å². The third-order valence-corrected chi connectivity index (χ3v) is 2.73. The molecule has 2 N–H and O–H groups in total. The number of amides is 1. The monoisotopic (exact) mass is 269 g/mol. The van der Waals surface area contributed by atoms with Crippen LogP contribution in [0.15, 0.2) is 54.7 Å². The summed E-state index contributed by atoms with van der Waals surface area (Å²) >= 11 is 0. The van der Waals surface area contributed by atoms with E-state index in [2.05, 4.69) is 5.32 Å². The summed E-state index contributed by atoms with van der Waals surface area (Å²) < 4.78 is 5.01. The van der Waals surface area contributed by atoms with E-state index in [1.54, 1.807) is 36.5 Å². The Bertz CT molecular complexity index is 621. The number of ether oxygens (including phenoxy) is 1. The van der Waals surface area contributed by atoms with E-state index in [9.17, 15) is 9.90 Å². The zero-order chi connectivity index (χ0) is 14.4. The fourth-order valence-electron chi connectivity index (χ4n) is 1.68. The van der Waals surface area contributed by atoms with Gasteiger partial charge in [-0.15, -0.1) is 0 Å². The van der Waals surface area contributed by atoms with Gasteiger partial charge in [-0.05, 0) is 35.9 Å². The van der Waals surface area contributed by atoms with Gasteiger partial charge in [-0.2, -0.15) is 0 Å². The predicted octanol–water partition coefficient (Wildman–Crippen LogP) is 2.80. The van der Waals surface area contributed by atoms with Gasteiger partial charge in [0.05, 0.1) is 7.11 Å². The summed E-state index contributed by atoms with van der Waals surface area (Å²) in [6, 6.07) is 13.9. The molecule has 0 radical (unpaired) electrons. The number of rotatable bonds is 4. The number of carbonyl (C=O) groups excluding carboxylic acids is 1.